The van der Waals surface area contributed by atoms with Crippen molar-refractivity contribution in [2.45, 2.75) is 19.4 Å². The molecular formula is C14H13ClN2O3S. The van der Waals surface area contributed by atoms with Crippen molar-refractivity contribution in [3.8, 4) is 0 Å². The van der Waals surface area contributed by atoms with Crippen molar-refractivity contribution < 1.29 is 9.72 Å². The highest BCUT2D eigenvalue weighted by molar-refractivity contribution is 7.09. The molecule has 0 spiro atoms. The molecule has 0 aliphatic rings. The highest BCUT2D eigenvalue weighted by atomic mass is 35.5. The molecule has 21 heavy (non-hydrogen) atoms. The molecule has 2 rings (SSSR count). The fraction of sp³-hybridized carbons (Fsp3) is 0.214. The number of thiophene rings is 1. The van der Waals surface area contributed by atoms with Crippen LogP contribution in [0.25, 0.3) is 0 Å². The lowest BCUT2D eigenvalue weighted by atomic mass is 10.1. The number of halogens is 1. The lowest BCUT2D eigenvalue weighted by molar-refractivity contribution is -0.384. The lowest BCUT2D eigenvalue weighted by Gasteiger charge is -2.13. The van der Waals surface area contributed by atoms with Gasteiger partial charge in [0.1, 0.15) is 5.02 Å². The Kier molecular flexibility index (Phi) is 4.93. The summed E-state index contributed by atoms with van der Waals surface area (Å²) in [6.07, 6.45) is 0.704. The van der Waals surface area contributed by atoms with Gasteiger partial charge in [-0.15, -0.1) is 11.3 Å². The first-order valence-electron chi connectivity index (χ1n) is 6.25. The summed E-state index contributed by atoms with van der Waals surface area (Å²) in [6, 6.07) is 8.05. The minimum atomic E-state index is -0.603. The third kappa shape index (κ3) is 3.80. The van der Waals surface area contributed by atoms with E-state index in [0.717, 1.165) is 4.88 Å². The van der Waals surface area contributed by atoms with E-state index >= 15 is 0 Å². The fourth-order valence-electron chi connectivity index (χ4n) is 1.92. The van der Waals surface area contributed by atoms with Gasteiger partial charge in [-0.25, -0.2) is 0 Å². The molecule has 1 aromatic heterocycles. The average Bonchev–Trinajstić information content (AvgIpc) is 2.91. The number of carbonyl (C=O) groups excluding carboxylic acids is 1. The number of rotatable bonds is 5. The van der Waals surface area contributed by atoms with Crippen molar-refractivity contribution in [1.82, 2.24) is 5.32 Å². The summed E-state index contributed by atoms with van der Waals surface area (Å²) < 4.78 is 0. The number of benzene rings is 1. The van der Waals surface area contributed by atoms with E-state index in [2.05, 4.69) is 5.32 Å². The van der Waals surface area contributed by atoms with Gasteiger partial charge in [-0.05, 0) is 24.4 Å². The lowest BCUT2D eigenvalue weighted by Crippen LogP contribution is -2.34. The molecule has 110 valence electrons. The van der Waals surface area contributed by atoms with Crippen LogP contribution in [-0.2, 0) is 6.42 Å². The Hall–Kier alpha value is -1.92. The number of nitrogens with one attached hydrogen (secondary N) is 1. The number of amides is 1. The Morgan fingerprint density at radius 2 is 2.19 bits per heavy atom. The minimum Gasteiger partial charge on any atom is -0.349 e. The molecular weight excluding hydrogens is 312 g/mol. The maximum Gasteiger partial charge on any atom is 0.288 e. The molecule has 1 amide bonds. The first-order valence-corrected chi connectivity index (χ1v) is 7.51. The molecule has 1 aromatic carbocycles. The number of nitrogens with zero attached hydrogens (tertiary/aromatic N) is 1. The van der Waals surface area contributed by atoms with E-state index in [1.807, 2.05) is 24.4 Å². The summed E-state index contributed by atoms with van der Waals surface area (Å²) in [5.41, 5.74) is -0.154. The van der Waals surface area contributed by atoms with E-state index in [4.69, 9.17) is 11.6 Å². The van der Waals surface area contributed by atoms with Crippen LogP contribution in [0.15, 0.2) is 35.7 Å². The van der Waals surface area contributed by atoms with Gasteiger partial charge < -0.3 is 5.32 Å². The summed E-state index contributed by atoms with van der Waals surface area (Å²) >= 11 is 7.54. The third-order valence-corrected chi connectivity index (χ3v) is 4.18. The first kappa shape index (κ1) is 15.5. The van der Waals surface area contributed by atoms with Gasteiger partial charge in [0, 0.05) is 23.4 Å². The quantitative estimate of drug-likeness (QED) is 0.673. The highest BCUT2D eigenvalue weighted by Gasteiger charge is 2.20. The molecule has 0 aliphatic carbocycles. The second-order valence-electron chi connectivity index (χ2n) is 4.55. The van der Waals surface area contributed by atoms with Crippen molar-refractivity contribution in [2.24, 2.45) is 0 Å². The van der Waals surface area contributed by atoms with E-state index in [1.165, 1.54) is 18.2 Å². The van der Waals surface area contributed by atoms with Crippen LogP contribution in [0, 0.1) is 10.1 Å². The Labute approximate surface area is 130 Å². The van der Waals surface area contributed by atoms with Crippen LogP contribution in [0.2, 0.25) is 5.02 Å². The molecule has 0 saturated heterocycles. The molecule has 0 bridgehead atoms. The van der Waals surface area contributed by atoms with Crippen molar-refractivity contribution in [3.63, 3.8) is 0 Å². The van der Waals surface area contributed by atoms with Crippen LogP contribution in [0.1, 0.15) is 22.2 Å². The zero-order chi connectivity index (χ0) is 15.4. The molecule has 2 aromatic rings. The SMILES string of the molecule is CC(Cc1cccs1)NC(=O)c1cccc([N+](=O)[O-])c1Cl. The number of nitro groups is 1. The van der Waals surface area contributed by atoms with Gasteiger partial charge in [-0.2, -0.15) is 0 Å². The largest absolute Gasteiger partial charge is 0.349 e. The summed E-state index contributed by atoms with van der Waals surface area (Å²) in [5.74, 6) is -0.409. The molecule has 1 heterocycles. The number of nitro benzene ring substituents is 1. The predicted octanol–water partition coefficient (Wildman–Crippen LogP) is 3.67. The van der Waals surface area contributed by atoms with E-state index < -0.39 is 10.8 Å². The van der Waals surface area contributed by atoms with Crippen LogP contribution < -0.4 is 5.32 Å². The fourth-order valence-corrected chi connectivity index (χ4v) is 3.04. The van der Waals surface area contributed by atoms with Gasteiger partial charge in [-0.3, -0.25) is 14.9 Å². The standard InChI is InChI=1S/C14H13ClN2O3S/c1-9(8-10-4-3-7-21-10)16-14(18)11-5-2-6-12(13(11)15)17(19)20/h2-7,9H,8H2,1H3,(H,16,18). The van der Waals surface area contributed by atoms with Crippen molar-refractivity contribution in [1.29, 1.82) is 0 Å². The van der Waals surface area contributed by atoms with Crippen molar-refractivity contribution in [3.05, 3.63) is 61.3 Å². The van der Waals surface area contributed by atoms with Gasteiger partial charge >= 0.3 is 0 Å². The van der Waals surface area contributed by atoms with Gasteiger partial charge in [0.05, 0.1) is 10.5 Å². The molecule has 0 fully saturated rings. The summed E-state index contributed by atoms with van der Waals surface area (Å²) in [7, 11) is 0. The Morgan fingerprint density at radius 1 is 1.43 bits per heavy atom. The van der Waals surface area contributed by atoms with Gasteiger partial charge in [0.2, 0.25) is 0 Å². The summed E-state index contributed by atoms with van der Waals surface area (Å²) in [5, 5.41) is 15.5. The Morgan fingerprint density at radius 3 is 2.81 bits per heavy atom. The normalized spacial score (nSPS) is 11.9. The van der Waals surface area contributed by atoms with E-state index in [0.29, 0.717) is 6.42 Å². The third-order valence-electron chi connectivity index (χ3n) is 2.88. The maximum absolute atomic E-state index is 12.2. The van der Waals surface area contributed by atoms with Gasteiger partial charge in [-0.1, -0.05) is 23.7 Å². The summed E-state index contributed by atoms with van der Waals surface area (Å²) in [4.78, 5) is 23.5. The Balaban J connectivity index is 2.10. The van der Waals surface area contributed by atoms with Gasteiger partial charge in [0.25, 0.3) is 11.6 Å². The zero-order valence-corrected chi connectivity index (χ0v) is 12.8. The molecule has 1 atom stereocenters. The molecule has 0 aliphatic heterocycles. The molecule has 7 heteroatoms. The topological polar surface area (TPSA) is 72.2 Å². The first-order chi connectivity index (χ1) is 9.99. The van der Waals surface area contributed by atoms with Crippen LogP contribution in [0.5, 0.6) is 0 Å². The minimum absolute atomic E-state index is 0.0912. The second-order valence-corrected chi connectivity index (χ2v) is 5.96. The molecule has 1 unspecified atom stereocenters. The number of carbonyl (C=O) groups is 1. The van der Waals surface area contributed by atoms with E-state index in [9.17, 15) is 14.9 Å². The highest BCUT2D eigenvalue weighted by Crippen LogP contribution is 2.27. The van der Waals surface area contributed by atoms with Crippen LogP contribution in [-0.4, -0.2) is 16.9 Å². The van der Waals surface area contributed by atoms with Crippen LogP contribution >= 0.6 is 22.9 Å². The monoisotopic (exact) mass is 324 g/mol. The molecule has 0 radical (unpaired) electrons. The molecule has 0 saturated carbocycles. The maximum atomic E-state index is 12.2. The Bertz CT molecular complexity index is 658. The van der Waals surface area contributed by atoms with E-state index in [-0.39, 0.29) is 22.3 Å². The molecule has 1 N–H and O–H groups in total. The average molecular weight is 325 g/mol. The smallest absolute Gasteiger partial charge is 0.288 e. The van der Waals surface area contributed by atoms with Crippen molar-refractivity contribution >= 4 is 34.5 Å². The van der Waals surface area contributed by atoms with Crippen LogP contribution in [0.3, 0.4) is 0 Å². The van der Waals surface area contributed by atoms with Crippen molar-refractivity contribution in [2.75, 3.05) is 0 Å². The predicted molar refractivity (Wildman–Crippen MR) is 83.1 cm³/mol. The number of hydrogen-bond acceptors (Lipinski definition) is 4. The van der Waals surface area contributed by atoms with Gasteiger partial charge in [0.15, 0.2) is 0 Å². The zero-order valence-electron chi connectivity index (χ0n) is 11.2. The number of hydrogen-bond donors (Lipinski definition) is 1. The summed E-state index contributed by atoms with van der Waals surface area (Å²) in [6.45, 7) is 1.88. The second kappa shape index (κ2) is 6.69. The van der Waals surface area contributed by atoms with E-state index in [1.54, 1.807) is 11.3 Å². The molecule has 5 nitrogen and oxygen atoms in total. The van der Waals surface area contributed by atoms with Crippen LogP contribution in [0.4, 0.5) is 5.69 Å².